The van der Waals surface area contributed by atoms with E-state index in [1.807, 2.05) is 0 Å². The van der Waals surface area contributed by atoms with Crippen LogP contribution in [-0.2, 0) is 23.7 Å². The Morgan fingerprint density at radius 3 is 1.15 bits per heavy atom. The minimum atomic E-state index is -1.95. The number of hydrogen-bond acceptors (Lipinski definition) is 16. The van der Waals surface area contributed by atoms with Crippen molar-refractivity contribution in [1.29, 1.82) is 0 Å². The molecule has 0 aliphatic heterocycles. The fraction of sp³-hybridized carbons (Fsp3) is 0.167. The van der Waals surface area contributed by atoms with E-state index in [0.717, 1.165) is 0 Å². The first kappa shape index (κ1) is 36.3. The van der Waals surface area contributed by atoms with E-state index >= 15 is 0 Å². The van der Waals surface area contributed by atoms with Crippen molar-refractivity contribution < 1.29 is 52.8 Å². The summed E-state index contributed by atoms with van der Waals surface area (Å²) in [5.41, 5.74) is -0.115. The maximum atomic E-state index is 13.6. The highest BCUT2D eigenvalue weighted by atomic mass is 16.6. The minimum Gasteiger partial charge on any atom is -0.459 e. The van der Waals surface area contributed by atoms with Gasteiger partial charge in [0.05, 0.1) is 27.8 Å². The molecule has 1 N–H and O–H groups in total. The summed E-state index contributed by atoms with van der Waals surface area (Å²) in [6.45, 7) is -1.62. The fourth-order valence-corrected chi connectivity index (χ4v) is 4.50. The molecule has 16 heteroatoms. The normalized spacial score (nSPS) is 12.9. The van der Waals surface area contributed by atoms with Gasteiger partial charge >= 0.3 is 29.8 Å². The number of pyridine rings is 5. The Bertz CT molecular complexity index is 1940. The van der Waals surface area contributed by atoms with Crippen LogP contribution < -0.4 is 0 Å². The quantitative estimate of drug-likeness (QED) is 0.122. The summed E-state index contributed by atoms with van der Waals surface area (Å²) in [6, 6.07) is 14.3. The van der Waals surface area contributed by atoms with Crippen LogP contribution in [0.4, 0.5) is 0 Å². The molecule has 0 radical (unpaired) electrons. The Hall–Kier alpha value is -6.94. The van der Waals surface area contributed by atoms with Crippen molar-refractivity contribution in [2.45, 2.75) is 24.4 Å². The Morgan fingerprint density at radius 2 is 0.788 bits per heavy atom. The first-order valence-electron chi connectivity index (χ1n) is 15.5. The molecular weight excluding hydrogens is 678 g/mol. The van der Waals surface area contributed by atoms with Gasteiger partial charge in [0, 0.05) is 62.0 Å². The molecule has 0 fully saturated rings. The lowest BCUT2D eigenvalue weighted by Crippen LogP contribution is -2.53. The molecule has 0 aliphatic rings. The number of esters is 5. The highest BCUT2D eigenvalue weighted by molar-refractivity contribution is 5.91. The number of aliphatic hydroxyl groups excluding tert-OH is 1. The average Bonchev–Trinajstić information content (AvgIpc) is 3.21. The van der Waals surface area contributed by atoms with Crippen molar-refractivity contribution in [2.24, 2.45) is 0 Å². The van der Waals surface area contributed by atoms with E-state index in [-0.39, 0.29) is 27.8 Å². The lowest BCUT2D eigenvalue weighted by molar-refractivity contribution is -0.136. The molecule has 264 valence electrons. The molecule has 1 unspecified atom stereocenters. The number of carbonyl (C=O) groups excluding carboxylic acids is 5. The molecule has 5 aromatic heterocycles. The average molecular weight is 708 g/mol. The molecule has 0 aliphatic carbocycles. The van der Waals surface area contributed by atoms with E-state index in [2.05, 4.69) is 24.9 Å². The minimum absolute atomic E-state index is 0.0330. The van der Waals surface area contributed by atoms with Gasteiger partial charge in [-0.25, -0.2) is 24.0 Å². The molecule has 5 heterocycles. The third kappa shape index (κ3) is 10.1. The van der Waals surface area contributed by atoms with E-state index in [9.17, 15) is 29.1 Å². The molecule has 0 spiro atoms. The standard InChI is InChI=1S/C36H29N5O11/c42-28(21-48-32(43)23-6-1-11-37-16-23)30(51-35(46)26-9-4-14-40-19-26)31(52-36(47)27-10-5-15-41-20-27)29(50-34(45)25-8-3-13-39-18-25)22-49-33(44)24-7-2-12-38-17-24/h1-20,28-31,42H,21-22H2/t28-,29?,30-,31-/m1/s1. The summed E-state index contributed by atoms with van der Waals surface area (Å²) in [7, 11) is 0. The van der Waals surface area contributed by atoms with Crippen LogP contribution >= 0.6 is 0 Å². The molecule has 0 saturated heterocycles. The van der Waals surface area contributed by atoms with Gasteiger partial charge < -0.3 is 28.8 Å². The van der Waals surface area contributed by atoms with Crippen LogP contribution in [0.25, 0.3) is 0 Å². The van der Waals surface area contributed by atoms with Crippen LogP contribution in [-0.4, -0.2) is 97.5 Å². The lowest BCUT2D eigenvalue weighted by atomic mass is 10.0. The van der Waals surface area contributed by atoms with Gasteiger partial charge in [0.25, 0.3) is 0 Å². The first-order chi connectivity index (χ1) is 25.3. The SMILES string of the molecule is O=C(OCC(OC(=O)c1cccnc1)[C@@H](OC(=O)c1cccnc1)[C@H](OC(=O)c1cccnc1)[C@H](O)COC(=O)c1cccnc1)c1cccnc1. The predicted octanol–water partition coefficient (Wildman–Crippen LogP) is 2.71. The summed E-state index contributed by atoms with van der Waals surface area (Å²) in [5.74, 6) is -4.90. The Kier molecular flexibility index (Phi) is 12.7. The van der Waals surface area contributed by atoms with Gasteiger partial charge in [-0.3, -0.25) is 24.9 Å². The monoisotopic (exact) mass is 707 g/mol. The predicted molar refractivity (Wildman–Crippen MR) is 175 cm³/mol. The summed E-state index contributed by atoms with van der Waals surface area (Å²) in [6.07, 6.45) is 5.54. The second-order valence-corrected chi connectivity index (χ2v) is 10.7. The zero-order valence-corrected chi connectivity index (χ0v) is 27.0. The van der Waals surface area contributed by atoms with Crippen LogP contribution in [0, 0.1) is 0 Å². The highest BCUT2D eigenvalue weighted by Crippen LogP contribution is 2.22. The third-order valence-corrected chi connectivity index (χ3v) is 7.06. The maximum absolute atomic E-state index is 13.6. The molecule has 0 saturated carbocycles. The van der Waals surface area contributed by atoms with Crippen molar-refractivity contribution >= 4 is 29.8 Å². The van der Waals surface area contributed by atoms with E-state index in [0.29, 0.717) is 0 Å². The molecule has 5 aromatic rings. The van der Waals surface area contributed by atoms with Crippen molar-refractivity contribution in [3.63, 3.8) is 0 Å². The van der Waals surface area contributed by atoms with Gasteiger partial charge in [0.15, 0.2) is 18.3 Å². The highest BCUT2D eigenvalue weighted by Gasteiger charge is 2.44. The van der Waals surface area contributed by atoms with Gasteiger partial charge in [-0.15, -0.1) is 0 Å². The van der Waals surface area contributed by atoms with Crippen LogP contribution in [0.2, 0.25) is 0 Å². The van der Waals surface area contributed by atoms with Gasteiger partial charge in [-0.2, -0.15) is 0 Å². The number of aromatic nitrogens is 5. The van der Waals surface area contributed by atoms with E-state index in [1.165, 1.54) is 123 Å². The second-order valence-electron chi connectivity index (χ2n) is 10.7. The summed E-state index contributed by atoms with van der Waals surface area (Å²) in [5, 5.41) is 11.6. The second kappa shape index (κ2) is 18.2. The van der Waals surface area contributed by atoms with Crippen LogP contribution in [0.15, 0.2) is 123 Å². The summed E-state index contributed by atoms with van der Waals surface area (Å²) < 4.78 is 28.0. The first-order valence-corrected chi connectivity index (χ1v) is 15.5. The lowest BCUT2D eigenvalue weighted by Gasteiger charge is -2.34. The fourth-order valence-electron chi connectivity index (χ4n) is 4.50. The van der Waals surface area contributed by atoms with Crippen molar-refractivity contribution in [2.75, 3.05) is 13.2 Å². The van der Waals surface area contributed by atoms with Crippen LogP contribution in [0.3, 0.4) is 0 Å². The topological polar surface area (TPSA) is 216 Å². The van der Waals surface area contributed by atoms with E-state index in [1.54, 1.807) is 0 Å². The molecule has 52 heavy (non-hydrogen) atoms. The molecule has 5 rings (SSSR count). The Morgan fingerprint density at radius 1 is 0.462 bits per heavy atom. The molecule has 0 bridgehead atoms. The van der Waals surface area contributed by atoms with Gasteiger partial charge in [-0.1, -0.05) is 0 Å². The number of rotatable bonds is 15. The van der Waals surface area contributed by atoms with Gasteiger partial charge in [0.2, 0.25) is 0 Å². The number of nitrogens with zero attached hydrogens (tertiary/aromatic N) is 5. The summed E-state index contributed by atoms with van der Waals surface area (Å²) >= 11 is 0. The number of carbonyl (C=O) groups is 5. The van der Waals surface area contributed by atoms with Crippen LogP contribution in [0.5, 0.6) is 0 Å². The van der Waals surface area contributed by atoms with E-state index in [4.69, 9.17) is 23.7 Å². The van der Waals surface area contributed by atoms with Gasteiger partial charge in [0.1, 0.15) is 19.3 Å². The zero-order chi connectivity index (χ0) is 36.7. The van der Waals surface area contributed by atoms with Gasteiger partial charge in [-0.05, 0) is 60.7 Å². The van der Waals surface area contributed by atoms with Crippen LogP contribution in [0.1, 0.15) is 51.8 Å². The van der Waals surface area contributed by atoms with Crippen molar-refractivity contribution in [3.8, 4) is 0 Å². The largest absolute Gasteiger partial charge is 0.459 e. The number of aliphatic hydroxyl groups is 1. The molecule has 0 aromatic carbocycles. The zero-order valence-electron chi connectivity index (χ0n) is 27.0. The number of ether oxygens (including phenoxy) is 5. The molecule has 16 nitrogen and oxygen atoms in total. The Balaban J connectivity index is 1.54. The Labute approximate surface area is 295 Å². The van der Waals surface area contributed by atoms with Crippen molar-refractivity contribution in [3.05, 3.63) is 150 Å². The maximum Gasteiger partial charge on any atom is 0.340 e. The van der Waals surface area contributed by atoms with Crippen molar-refractivity contribution in [1.82, 2.24) is 24.9 Å². The van der Waals surface area contributed by atoms with E-state index < -0.39 is 67.5 Å². The molecule has 4 atom stereocenters. The smallest absolute Gasteiger partial charge is 0.340 e. The molecule has 0 amide bonds. The molecular formula is C36H29N5O11. The summed E-state index contributed by atoms with van der Waals surface area (Å²) in [4.78, 5) is 85.7. The third-order valence-electron chi connectivity index (χ3n) is 7.06. The number of hydrogen-bond donors (Lipinski definition) is 1.